The van der Waals surface area contributed by atoms with E-state index in [4.69, 9.17) is 5.26 Å². The fraction of sp³-hybridized carbons (Fsp3) is 0.417. The third-order valence-electron chi connectivity index (χ3n) is 2.20. The Morgan fingerprint density at radius 2 is 2.00 bits per heavy atom. The van der Waals surface area contributed by atoms with Gasteiger partial charge in [-0.05, 0) is 25.5 Å². The molecule has 0 saturated carbocycles. The summed E-state index contributed by atoms with van der Waals surface area (Å²) >= 11 is 1.10. The molecule has 1 aromatic carbocycles. The Bertz CT molecular complexity index is 396. The second-order valence-electron chi connectivity index (χ2n) is 3.94. The van der Waals surface area contributed by atoms with Crippen molar-refractivity contribution in [3.63, 3.8) is 0 Å². The van der Waals surface area contributed by atoms with Crippen molar-refractivity contribution < 1.29 is 8.78 Å². The van der Waals surface area contributed by atoms with Gasteiger partial charge in [0, 0.05) is 4.90 Å². The molecule has 16 heavy (non-hydrogen) atoms. The molecule has 0 atom stereocenters. The van der Waals surface area contributed by atoms with E-state index in [1.807, 2.05) is 12.1 Å². The molecule has 1 aromatic rings. The van der Waals surface area contributed by atoms with Crippen molar-refractivity contribution in [2.75, 3.05) is 5.75 Å². The zero-order valence-electron chi connectivity index (χ0n) is 9.21. The molecule has 86 valence electrons. The van der Waals surface area contributed by atoms with Gasteiger partial charge in [-0.3, -0.25) is 0 Å². The Balaban J connectivity index is 2.97. The Hall–Kier alpha value is -1.08. The van der Waals surface area contributed by atoms with Crippen molar-refractivity contribution in [1.29, 1.82) is 5.26 Å². The number of rotatable bonds is 4. The first-order valence-corrected chi connectivity index (χ1v) is 5.87. The van der Waals surface area contributed by atoms with Crippen molar-refractivity contribution in [1.82, 2.24) is 0 Å². The minimum absolute atomic E-state index is 0.238. The molecule has 0 radical (unpaired) electrons. The number of benzene rings is 1. The van der Waals surface area contributed by atoms with Crippen molar-refractivity contribution >= 4 is 11.8 Å². The van der Waals surface area contributed by atoms with Crippen LogP contribution in [0.4, 0.5) is 8.78 Å². The van der Waals surface area contributed by atoms with Gasteiger partial charge in [0.1, 0.15) is 0 Å². The summed E-state index contributed by atoms with van der Waals surface area (Å²) in [6, 6.07) is 9.40. The SMILES string of the molecule is CC(C)(C#N)c1ccccc1SCC(F)F. The van der Waals surface area contributed by atoms with E-state index in [1.54, 1.807) is 26.0 Å². The highest BCUT2D eigenvalue weighted by atomic mass is 32.2. The van der Waals surface area contributed by atoms with Crippen molar-refractivity contribution in [2.24, 2.45) is 0 Å². The Morgan fingerprint density at radius 1 is 1.38 bits per heavy atom. The van der Waals surface area contributed by atoms with Crippen LogP contribution in [0.15, 0.2) is 29.2 Å². The largest absolute Gasteiger partial charge is 0.247 e. The molecule has 0 aliphatic heterocycles. The van der Waals surface area contributed by atoms with Crippen LogP contribution < -0.4 is 0 Å². The maximum absolute atomic E-state index is 12.1. The third-order valence-corrected chi connectivity index (χ3v) is 3.29. The van der Waals surface area contributed by atoms with E-state index in [0.29, 0.717) is 0 Å². The van der Waals surface area contributed by atoms with Crippen molar-refractivity contribution in [2.45, 2.75) is 30.6 Å². The zero-order chi connectivity index (χ0) is 12.2. The number of halogens is 2. The van der Waals surface area contributed by atoms with E-state index in [2.05, 4.69) is 6.07 Å². The summed E-state index contributed by atoms with van der Waals surface area (Å²) in [7, 11) is 0. The lowest BCUT2D eigenvalue weighted by atomic mass is 9.86. The summed E-state index contributed by atoms with van der Waals surface area (Å²) in [5.74, 6) is -0.238. The lowest BCUT2D eigenvalue weighted by Crippen LogP contribution is -2.15. The topological polar surface area (TPSA) is 23.8 Å². The molecule has 0 unspecified atom stereocenters. The fourth-order valence-electron chi connectivity index (χ4n) is 1.32. The van der Waals surface area contributed by atoms with Gasteiger partial charge in [0.15, 0.2) is 0 Å². The second-order valence-corrected chi connectivity index (χ2v) is 5.00. The van der Waals surface area contributed by atoms with Crippen LogP contribution in [0, 0.1) is 11.3 Å². The standard InChI is InChI=1S/C12H13F2NS/c1-12(2,8-15)9-5-3-4-6-10(9)16-7-11(13)14/h3-6,11H,7H2,1-2H3. The molecule has 0 amide bonds. The number of thioether (sulfide) groups is 1. The number of hydrogen-bond donors (Lipinski definition) is 0. The summed E-state index contributed by atoms with van der Waals surface area (Å²) in [6.45, 7) is 3.57. The average Bonchev–Trinajstić information content (AvgIpc) is 2.26. The Morgan fingerprint density at radius 3 is 2.56 bits per heavy atom. The van der Waals surface area contributed by atoms with E-state index in [-0.39, 0.29) is 5.75 Å². The average molecular weight is 241 g/mol. The quantitative estimate of drug-likeness (QED) is 0.748. The fourth-order valence-corrected chi connectivity index (χ4v) is 2.28. The van der Waals surface area contributed by atoms with E-state index in [0.717, 1.165) is 22.2 Å². The van der Waals surface area contributed by atoms with Gasteiger partial charge in [0.05, 0.1) is 17.2 Å². The highest BCUT2D eigenvalue weighted by Gasteiger charge is 2.23. The van der Waals surface area contributed by atoms with Gasteiger partial charge in [-0.25, -0.2) is 8.78 Å². The van der Waals surface area contributed by atoms with Crippen LogP contribution in [-0.4, -0.2) is 12.2 Å². The van der Waals surface area contributed by atoms with Crippen LogP contribution >= 0.6 is 11.8 Å². The molecule has 0 N–H and O–H groups in total. The molecule has 0 aliphatic rings. The molecule has 0 saturated heterocycles. The Kier molecular flexibility index (Phi) is 4.31. The van der Waals surface area contributed by atoms with Crippen LogP contribution in [0.5, 0.6) is 0 Å². The van der Waals surface area contributed by atoms with Gasteiger partial charge in [0.2, 0.25) is 6.43 Å². The molecule has 4 heteroatoms. The first-order valence-electron chi connectivity index (χ1n) is 4.89. The molecule has 0 heterocycles. The summed E-state index contributed by atoms with van der Waals surface area (Å²) in [6.07, 6.45) is -2.33. The summed E-state index contributed by atoms with van der Waals surface area (Å²) in [5, 5.41) is 9.04. The number of hydrogen-bond acceptors (Lipinski definition) is 2. The maximum atomic E-state index is 12.1. The minimum atomic E-state index is -2.33. The Labute approximate surface area is 98.5 Å². The monoisotopic (exact) mass is 241 g/mol. The highest BCUT2D eigenvalue weighted by Crippen LogP contribution is 2.32. The predicted molar refractivity (Wildman–Crippen MR) is 61.8 cm³/mol. The number of alkyl halides is 2. The zero-order valence-corrected chi connectivity index (χ0v) is 10.0. The van der Waals surface area contributed by atoms with Crippen LogP contribution in [-0.2, 0) is 5.41 Å². The van der Waals surface area contributed by atoms with Crippen molar-refractivity contribution in [3.8, 4) is 6.07 Å². The second kappa shape index (κ2) is 5.31. The summed E-state index contributed by atoms with van der Waals surface area (Å²) < 4.78 is 24.3. The first-order chi connectivity index (χ1) is 7.47. The van der Waals surface area contributed by atoms with Gasteiger partial charge in [-0.15, -0.1) is 11.8 Å². The smallest absolute Gasteiger partial charge is 0.210 e. The van der Waals surface area contributed by atoms with Crippen LogP contribution in [0.25, 0.3) is 0 Å². The van der Waals surface area contributed by atoms with Crippen LogP contribution in [0.1, 0.15) is 19.4 Å². The summed E-state index contributed by atoms with van der Waals surface area (Å²) in [5.41, 5.74) is 0.161. The lowest BCUT2D eigenvalue weighted by Gasteiger charge is -2.19. The van der Waals surface area contributed by atoms with E-state index in [1.165, 1.54) is 0 Å². The van der Waals surface area contributed by atoms with E-state index in [9.17, 15) is 8.78 Å². The molecule has 1 nitrogen and oxygen atoms in total. The predicted octanol–water partition coefficient (Wildman–Crippen LogP) is 3.84. The van der Waals surface area contributed by atoms with Gasteiger partial charge < -0.3 is 0 Å². The van der Waals surface area contributed by atoms with Gasteiger partial charge >= 0.3 is 0 Å². The highest BCUT2D eigenvalue weighted by molar-refractivity contribution is 7.99. The van der Waals surface area contributed by atoms with Gasteiger partial charge in [-0.1, -0.05) is 18.2 Å². The molecule has 0 fully saturated rings. The van der Waals surface area contributed by atoms with Crippen molar-refractivity contribution in [3.05, 3.63) is 29.8 Å². The summed E-state index contributed by atoms with van der Waals surface area (Å²) in [4.78, 5) is 0.759. The minimum Gasteiger partial charge on any atom is -0.210 e. The van der Waals surface area contributed by atoms with E-state index >= 15 is 0 Å². The van der Waals surface area contributed by atoms with Gasteiger partial charge in [-0.2, -0.15) is 5.26 Å². The molecule has 0 spiro atoms. The molecular formula is C12H13F2NS. The normalized spacial score (nSPS) is 11.5. The number of nitriles is 1. The van der Waals surface area contributed by atoms with Gasteiger partial charge in [0.25, 0.3) is 0 Å². The van der Waals surface area contributed by atoms with E-state index < -0.39 is 11.8 Å². The molecule has 0 bridgehead atoms. The molecule has 0 aromatic heterocycles. The molecule has 1 rings (SSSR count). The molecular weight excluding hydrogens is 228 g/mol. The molecule has 0 aliphatic carbocycles. The first kappa shape index (κ1) is 13.0. The lowest BCUT2D eigenvalue weighted by molar-refractivity contribution is 0.177. The van der Waals surface area contributed by atoms with Crippen LogP contribution in [0.3, 0.4) is 0 Å². The maximum Gasteiger partial charge on any atom is 0.247 e. The third kappa shape index (κ3) is 3.21. The number of nitrogens with zero attached hydrogens (tertiary/aromatic N) is 1. The van der Waals surface area contributed by atoms with Crippen LogP contribution in [0.2, 0.25) is 0 Å².